The summed E-state index contributed by atoms with van der Waals surface area (Å²) in [5.74, 6) is 0. The monoisotopic (exact) mass is 435 g/mol. The minimum Gasteiger partial charge on any atom is -0.340 e. The second-order valence-corrected chi connectivity index (χ2v) is 8.77. The van der Waals surface area contributed by atoms with Crippen molar-refractivity contribution in [3.05, 3.63) is 97.0 Å². The third-order valence-corrected chi connectivity index (χ3v) is 7.12. The number of hydrogen-bond donors (Lipinski definition) is 2. The number of benzene rings is 6. The summed E-state index contributed by atoms with van der Waals surface area (Å²) < 4.78 is 2.03. The first-order valence-electron chi connectivity index (χ1n) is 11.3. The molecule has 5 nitrogen and oxygen atoms in total. The Labute approximate surface area is 192 Å². The van der Waals surface area contributed by atoms with E-state index in [4.69, 9.17) is 5.41 Å². The highest BCUT2D eigenvalue weighted by Crippen LogP contribution is 2.46. The summed E-state index contributed by atoms with van der Waals surface area (Å²) in [6.45, 7) is 0. The van der Waals surface area contributed by atoms with Crippen LogP contribution in [0.3, 0.4) is 0 Å². The molecule has 0 spiro atoms. The molecule has 2 heterocycles. The number of fused-ring (bicyclic) bond motifs is 6. The number of nitrogens with zero attached hydrogens (tertiary/aromatic N) is 3. The van der Waals surface area contributed by atoms with Gasteiger partial charge in [-0.25, -0.2) is 9.97 Å². The summed E-state index contributed by atoms with van der Waals surface area (Å²) in [5, 5.41) is 20.6. The lowest BCUT2D eigenvalue weighted by atomic mass is 9.86. The summed E-state index contributed by atoms with van der Waals surface area (Å²) >= 11 is 0. The van der Waals surface area contributed by atoms with Gasteiger partial charge in [-0.15, -0.1) is 0 Å². The van der Waals surface area contributed by atoms with Gasteiger partial charge in [-0.05, 0) is 37.7 Å². The summed E-state index contributed by atoms with van der Waals surface area (Å²) in [5.41, 5.74) is 2.56. The van der Waals surface area contributed by atoms with E-state index in [1.807, 2.05) is 4.57 Å². The molecule has 2 N–H and O–H groups in total. The lowest BCUT2D eigenvalue weighted by molar-refractivity contribution is 0.981. The van der Waals surface area contributed by atoms with Crippen molar-refractivity contribution in [2.45, 2.75) is 0 Å². The van der Waals surface area contributed by atoms with E-state index < -0.39 is 0 Å². The molecule has 0 fully saturated rings. The van der Waals surface area contributed by atoms with Crippen LogP contribution < -0.4 is 5.49 Å². The Balaban J connectivity index is 1.75. The molecule has 0 atom stereocenters. The van der Waals surface area contributed by atoms with Crippen LogP contribution in [0.4, 0.5) is 0 Å². The third kappa shape index (κ3) is 2.07. The molecule has 0 aliphatic rings. The first kappa shape index (κ1) is 17.7. The smallest absolute Gasteiger partial charge is 0.173 e. The van der Waals surface area contributed by atoms with Crippen LogP contribution in [0, 0.1) is 5.41 Å². The predicted molar refractivity (Wildman–Crippen MR) is 138 cm³/mol. The zero-order valence-corrected chi connectivity index (χ0v) is 18.0. The number of aromatic nitrogens is 4. The zero-order valence-electron chi connectivity index (χ0n) is 18.0. The summed E-state index contributed by atoms with van der Waals surface area (Å²) in [7, 11) is 0. The largest absolute Gasteiger partial charge is 0.340 e. The molecule has 0 saturated carbocycles. The number of hydrogen-bond acceptors (Lipinski definition) is 3. The molecule has 8 rings (SSSR count). The minimum absolute atomic E-state index is 0.191. The molecule has 0 unspecified atom stereocenters. The highest BCUT2D eigenvalue weighted by Gasteiger charge is 2.20. The second kappa shape index (κ2) is 6.17. The Morgan fingerprint density at radius 2 is 1.32 bits per heavy atom. The summed E-state index contributed by atoms with van der Waals surface area (Å²) in [4.78, 5) is 12.0. The summed E-state index contributed by atoms with van der Waals surface area (Å²) in [6, 6.07) is 28.3. The Bertz CT molecular complexity index is 2150. The standard InChI is InChI=1S/C29H17N5/c30-28-26-29(32-14-31-26)34(15-33-28)27-21-10-4-3-9-20(21)24-19-8-2-1-7-17(19)18-11-5-6-16-12-13-22(27)25(24)23(16)18/h1-15,30H,(H,31,32). The SMILES string of the molecule is N=c1ncn(-c2c3ccccc3c3c4ccccc4c4cccc5ccc2c3c54)c2nc[nH]c12. The quantitative estimate of drug-likeness (QED) is 0.230. The number of nitrogens with one attached hydrogen (secondary N) is 2. The Hall–Kier alpha value is -4.77. The lowest BCUT2D eigenvalue weighted by Crippen LogP contribution is -2.12. The molecule has 0 aliphatic carbocycles. The molecule has 0 bridgehead atoms. The average molecular weight is 435 g/mol. The van der Waals surface area contributed by atoms with Gasteiger partial charge in [-0.1, -0.05) is 78.9 Å². The van der Waals surface area contributed by atoms with E-state index in [1.165, 1.54) is 43.1 Å². The zero-order chi connectivity index (χ0) is 22.4. The van der Waals surface area contributed by atoms with Crippen LogP contribution in [0.25, 0.3) is 70.7 Å². The molecular weight excluding hydrogens is 418 g/mol. The van der Waals surface area contributed by atoms with Gasteiger partial charge in [-0.2, -0.15) is 0 Å². The first-order valence-corrected chi connectivity index (χ1v) is 11.3. The van der Waals surface area contributed by atoms with Crippen molar-refractivity contribution in [3.8, 4) is 5.69 Å². The fourth-order valence-corrected chi connectivity index (χ4v) is 5.77. The van der Waals surface area contributed by atoms with E-state index >= 15 is 0 Å². The van der Waals surface area contributed by atoms with Crippen LogP contribution in [-0.4, -0.2) is 19.5 Å². The lowest BCUT2D eigenvalue weighted by Gasteiger charge is -2.21. The van der Waals surface area contributed by atoms with E-state index in [-0.39, 0.29) is 5.49 Å². The number of rotatable bonds is 1. The molecule has 0 saturated heterocycles. The first-order chi connectivity index (χ1) is 16.8. The topological polar surface area (TPSA) is 70.3 Å². The van der Waals surface area contributed by atoms with E-state index in [1.54, 1.807) is 12.7 Å². The van der Waals surface area contributed by atoms with Gasteiger partial charge in [-0.3, -0.25) is 9.98 Å². The molecule has 2 aromatic heterocycles. The van der Waals surface area contributed by atoms with Crippen LogP contribution in [0.15, 0.2) is 91.5 Å². The molecule has 0 amide bonds. The van der Waals surface area contributed by atoms with Crippen LogP contribution >= 0.6 is 0 Å². The maximum atomic E-state index is 8.23. The second-order valence-electron chi connectivity index (χ2n) is 8.77. The number of aromatic amines is 1. The van der Waals surface area contributed by atoms with E-state index in [0.29, 0.717) is 11.2 Å². The van der Waals surface area contributed by atoms with Crippen molar-refractivity contribution < 1.29 is 0 Å². The molecule has 34 heavy (non-hydrogen) atoms. The molecule has 5 heteroatoms. The highest BCUT2D eigenvalue weighted by molar-refractivity contribution is 6.40. The normalized spacial score (nSPS) is 12.2. The minimum atomic E-state index is 0.191. The van der Waals surface area contributed by atoms with Crippen molar-refractivity contribution in [1.82, 2.24) is 19.5 Å². The van der Waals surface area contributed by atoms with Gasteiger partial charge in [0.15, 0.2) is 11.1 Å². The molecule has 8 aromatic rings. The van der Waals surface area contributed by atoms with Crippen LogP contribution in [0.2, 0.25) is 0 Å². The van der Waals surface area contributed by atoms with Crippen molar-refractivity contribution in [3.63, 3.8) is 0 Å². The van der Waals surface area contributed by atoms with Crippen LogP contribution in [-0.2, 0) is 0 Å². The van der Waals surface area contributed by atoms with E-state index in [2.05, 4.69) is 93.8 Å². The Morgan fingerprint density at radius 1 is 0.618 bits per heavy atom. The Morgan fingerprint density at radius 3 is 2.18 bits per heavy atom. The predicted octanol–water partition coefficient (Wildman–Crippen LogP) is 6.43. The number of H-pyrrole nitrogens is 1. The molecule has 0 radical (unpaired) electrons. The summed E-state index contributed by atoms with van der Waals surface area (Å²) in [6.07, 6.45) is 3.36. The van der Waals surface area contributed by atoms with Crippen molar-refractivity contribution in [1.29, 1.82) is 5.41 Å². The molecule has 0 aliphatic heterocycles. The van der Waals surface area contributed by atoms with Crippen LogP contribution in [0.1, 0.15) is 0 Å². The van der Waals surface area contributed by atoms with E-state index in [9.17, 15) is 0 Å². The third-order valence-electron chi connectivity index (χ3n) is 7.12. The van der Waals surface area contributed by atoms with Gasteiger partial charge in [0, 0.05) is 16.2 Å². The maximum Gasteiger partial charge on any atom is 0.173 e. The van der Waals surface area contributed by atoms with Gasteiger partial charge in [0.05, 0.1) is 12.0 Å². The van der Waals surface area contributed by atoms with Crippen molar-refractivity contribution >= 4 is 65.0 Å². The highest BCUT2D eigenvalue weighted by atomic mass is 15.1. The van der Waals surface area contributed by atoms with Crippen molar-refractivity contribution in [2.24, 2.45) is 0 Å². The van der Waals surface area contributed by atoms with Gasteiger partial charge in [0.2, 0.25) is 0 Å². The maximum absolute atomic E-state index is 8.23. The molecule has 158 valence electrons. The van der Waals surface area contributed by atoms with Gasteiger partial charge >= 0.3 is 0 Å². The van der Waals surface area contributed by atoms with Crippen LogP contribution in [0.5, 0.6) is 0 Å². The molecular formula is C29H17N5. The average Bonchev–Trinajstić information content (AvgIpc) is 3.39. The fourth-order valence-electron chi connectivity index (χ4n) is 5.77. The molecule has 6 aromatic carbocycles. The fraction of sp³-hybridized carbons (Fsp3) is 0. The van der Waals surface area contributed by atoms with Gasteiger partial charge in [0.1, 0.15) is 11.8 Å². The Kier molecular flexibility index (Phi) is 3.22. The van der Waals surface area contributed by atoms with Crippen molar-refractivity contribution in [2.75, 3.05) is 0 Å². The number of imidazole rings is 1. The van der Waals surface area contributed by atoms with Gasteiger partial charge in [0.25, 0.3) is 0 Å². The van der Waals surface area contributed by atoms with Gasteiger partial charge < -0.3 is 4.98 Å². The van der Waals surface area contributed by atoms with E-state index in [0.717, 1.165) is 16.5 Å².